The zero-order valence-electron chi connectivity index (χ0n) is 17.8. The highest BCUT2D eigenvalue weighted by Gasteiger charge is 2.31. The highest BCUT2D eigenvalue weighted by molar-refractivity contribution is 5.79. The van der Waals surface area contributed by atoms with Gasteiger partial charge in [-0.2, -0.15) is 0 Å². The van der Waals surface area contributed by atoms with Gasteiger partial charge < -0.3 is 25.0 Å². The third-order valence-electron chi connectivity index (χ3n) is 4.86. The minimum absolute atomic E-state index is 0.00442. The van der Waals surface area contributed by atoms with Gasteiger partial charge in [0.25, 0.3) is 12.4 Å². The molecule has 2 amide bonds. The number of nitrogens with one attached hydrogen (secondary N) is 1. The molecule has 0 spiro atoms. The Morgan fingerprint density at radius 1 is 1.34 bits per heavy atom. The minimum Gasteiger partial charge on any atom is -0.484 e. The van der Waals surface area contributed by atoms with E-state index in [1.807, 2.05) is 55.1 Å². The van der Waals surface area contributed by atoms with Gasteiger partial charge >= 0.3 is 0 Å². The zero-order valence-corrected chi connectivity index (χ0v) is 17.8. The number of carbonyl (C=O) groups excluding carboxylic acids is 2. The largest absolute Gasteiger partial charge is 0.484 e. The van der Waals surface area contributed by atoms with E-state index in [9.17, 15) is 9.59 Å². The smallest absolute Gasteiger partial charge is 0.290 e. The number of ether oxygens (including phenoxy) is 1. The second kappa shape index (κ2) is 12.8. The van der Waals surface area contributed by atoms with Crippen LogP contribution in [0.3, 0.4) is 0 Å². The predicted octanol–water partition coefficient (Wildman–Crippen LogP) is 1.38. The Hall–Kier alpha value is -2.61. The summed E-state index contributed by atoms with van der Waals surface area (Å²) >= 11 is 0. The fourth-order valence-corrected chi connectivity index (χ4v) is 3.35. The normalized spacial score (nSPS) is 18.4. The molecule has 1 aromatic carbocycles. The van der Waals surface area contributed by atoms with Crippen molar-refractivity contribution in [3.63, 3.8) is 0 Å². The molecule has 8 nitrogen and oxygen atoms in total. The van der Waals surface area contributed by atoms with Crippen molar-refractivity contribution in [2.24, 2.45) is 5.92 Å². The number of nitrogens with zero attached hydrogens (tertiary/aromatic N) is 2. The standard InChI is InChI=1S/C20H31N3O3.CH2O2/c1-5-16-12-23(11-10-17(16)21-19(24)13-22(3)4)20(25)14-26-18-9-7-6-8-15(18)2;2-1-3/h6-9,16-17H,5,10-14H2,1-4H3,(H,21,24);1H,(H,2,3)/t16-,17+;/m1./s1. The molecule has 0 unspecified atom stereocenters. The molecule has 0 aliphatic carbocycles. The van der Waals surface area contributed by atoms with Crippen LogP contribution in [0.15, 0.2) is 24.3 Å². The summed E-state index contributed by atoms with van der Waals surface area (Å²) in [6.45, 7) is 5.58. The molecule has 1 aliphatic heterocycles. The van der Waals surface area contributed by atoms with E-state index < -0.39 is 0 Å². The van der Waals surface area contributed by atoms with Crippen LogP contribution < -0.4 is 10.1 Å². The van der Waals surface area contributed by atoms with Crippen LogP contribution in [0.2, 0.25) is 0 Å². The minimum atomic E-state index is -0.250. The number of likely N-dealkylation sites (N-methyl/N-ethyl adjacent to an activating group) is 1. The number of para-hydroxylation sites is 1. The summed E-state index contributed by atoms with van der Waals surface area (Å²) in [5.74, 6) is 1.07. The molecule has 0 aromatic heterocycles. The molecule has 2 N–H and O–H groups in total. The van der Waals surface area contributed by atoms with Gasteiger partial charge in [0.2, 0.25) is 5.91 Å². The number of likely N-dealkylation sites (tertiary alicyclic amines) is 1. The molecule has 0 radical (unpaired) electrons. The summed E-state index contributed by atoms with van der Waals surface area (Å²) in [4.78, 5) is 36.6. The van der Waals surface area contributed by atoms with Crippen molar-refractivity contribution in [3.05, 3.63) is 29.8 Å². The highest BCUT2D eigenvalue weighted by Crippen LogP contribution is 2.21. The van der Waals surface area contributed by atoms with Crippen molar-refractivity contribution in [2.45, 2.75) is 32.7 Å². The van der Waals surface area contributed by atoms with E-state index in [0.29, 0.717) is 19.6 Å². The summed E-state index contributed by atoms with van der Waals surface area (Å²) in [5.41, 5.74) is 1.02. The fourth-order valence-electron chi connectivity index (χ4n) is 3.35. The maximum absolute atomic E-state index is 12.5. The molecule has 8 heteroatoms. The van der Waals surface area contributed by atoms with Gasteiger partial charge in [-0.25, -0.2) is 0 Å². The van der Waals surface area contributed by atoms with Crippen molar-refractivity contribution < 1.29 is 24.2 Å². The first kappa shape index (κ1) is 24.4. The number of carboxylic acid groups (broad SMARTS) is 1. The summed E-state index contributed by atoms with van der Waals surface area (Å²) in [6.07, 6.45) is 1.71. The lowest BCUT2D eigenvalue weighted by Gasteiger charge is -2.38. The van der Waals surface area contributed by atoms with E-state index in [-0.39, 0.29) is 36.9 Å². The summed E-state index contributed by atoms with van der Waals surface area (Å²) < 4.78 is 5.69. The second-order valence-electron chi connectivity index (χ2n) is 7.37. The van der Waals surface area contributed by atoms with E-state index in [0.717, 1.165) is 24.2 Å². The zero-order chi connectivity index (χ0) is 21.8. The number of hydrogen-bond acceptors (Lipinski definition) is 5. The van der Waals surface area contributed by atoms with Crippen molar-refractivity contribution >= 4 is 18.3 Å². The van der Waals surface area contributed by atoms with Crippen LogP contribution >= 0.6 is 0 Å². The third kappa shape index (κ3) is 8.51. The lowest BCUT2D eigenvalue weighted by atomic mass is 9.89. The molecule has 1 fully saturated rings. The molecule has 2 rings (SSSR count). The van der Waals surface area contributed by atoms with Crippen LogP contribution in [0, 0.1) is 12.8 Å². The predicted molar refractivity (Wildman–Crippen MR) is 111 cm³/mol. The Morgan fingerprint density at radius 2 is 2.00 bits per heavy atom. The van der Waals surface area contributed by atoms with Gasteiger partial charge in [0.05, 0.1) is 6.54 Å². The Morgan fingerprint density at radius 3 is 2.59 bits per heavy atom. The average Bonchev–Trinajstić information content (AvgIpc) is 2.67. The Bertz CT molecular complexity index is 665. The molecule has 1 heterocycles. The maximum Gasteiger partial charge on any atom is 0.290 e. The molecule has 1 saturated heterocycles. The Kier molecular flexibility index (Phi) is 10.8. The fraction of sp³-hybridized carbons (Fsp3) is 0.571. The second-order valence-corrected chi connectivity index (χ2v) is 7.37. The molecule has 1 aliphatic rings. The van der Waals surface area contributed by atoms with E-state index in [1.165, 1.54) is 0 Å². The number of amides is 2. The monoisotopic (exact) mass is 407 g/mol. The van der Waals surface area contributed by atoms with Gasteiger partial charge in [0.15, 0.2) is 6.61 Å². The lowest BCUT2D eigenvalue weighted by molar-refractivity contribution is -0.136. The quantitative estimate of drug-likeness (QED) is 0.663. The third-order valence-corrected chi connectivity index (χ3v) is 4.86. The van der Waals surface area contributed by atoms with Crippen molar-refractivity contribution in [1.82, 2.24) is 15.1 Å². The van der Waals surface area contributed by atoms with Gasteiger partial charge in [0, 0.05) is 19.1 Å². The van der Waals surface area contributed by atoms with Gasteiger partial charge in [-0.15, -0.1) is 0 Å². The highest BCUT2D eigenvalue weighted by atomic mass is 16.5. The Labute approximate surface area is 172 Å². The molecule has 2 atom stereocenters. The average molecular weight is 408 g/mol. The maximum atomic E-state index is 12.5. The molecule has 162 valence electrons. The van der Waals surface area contributed by atoms with Crippen molar-refractivity contribution in [3.8, 4) is 5.75 Å². The van der Waals surface area contributed by atoms with Crippen LogP contribution in [0.25, 0.3) is 0 Å². The Balaban J connectivity index is 0.00000132. The van der Waals surface area contributed by atoms with Gasteiger partial charge in [-0.1, -0.05) is 25.1 Å². The molecule has 29 heavy (non-hydrogen) atoms. The molecular weight excluding hydrogens is 374 g/mol. The number of carbonyl (C=O) groups is 3. The topological polar surface area (TPSA) is 99.2 Å². The molecule has 0 saturated carbocycles. The number of rotatable bonds is 7. The van der Waals surface area contributed by atoms with Crippen LogP contribution in [-0.4, -0.2) is 79.6 Å². The molecule has 1 aromatic rings. The summed E-state index contributed by atoms with van der Waals surface area (Å²) in [6, 6.07) is 7.83. The molecule has 0 bridgehead atoms. The van der Waals surface area contributed by atoms with Crippen LogP contribution in [0.1, 0.15) is 25.3 Å². The van der Waals surface area contributed by atoms with Crippen molar-refractivity contribution in [2.75, 3.05) is 40.3 Å². The first-order valence-electron chi connectivity index (χ1n) is 9.80. The van der Waals surface area contributed by atoms with Crippen LogP contribution in [0.4, 0.5) is 0 Å². The van der Waals surface area contributed by atoms with Gasteiger partial charge in [0.1, 0.15) is 5.75 Å². The number of hydrogen-bond donors (Lipinski definition) is 2. The first-order chi connectivity index (χ1) is 13.8. The van der Waals surface area contributed by atoms with Crippen LogP contribution in [-0.2, 0) is 14.4 Å². The van der Waals surface area contributed by atoms with E-state index in [2.05, 4.69) is 12.2 Å². The van der Waals surface area contributed by atoms with E-state index in [1.54, 1.807) is 0 Å². The number of piperidine rings is 1. The first-order valence-corrected chi connectivity index (χ1v) is 9.80. The van der Waals surface area contributed by atoms with Gasteiger partial charge in [-0.3, -0.25) is 14.4 Å². The van der Waals surface area contributed by atoms with Crippen molar-refractivity contribution in [1.29, 1.82) is 0 Å². The molecular formula is C21H33N3O5. The number of aryl methyl sites for hydroxylation is 1. The van der Waals surface area contributed by atoms with Crippen LogP contribution in [0.5, 0.6) is 5.75 Å². The number of benzene rings is 1. The summed E-state index contributed by atoms with van der Waals surface area (Å²) in [5, 5.41) is 10.0. The van der Waals surface area contributed by atoms with E-state index in [4.69, 9.17) is 14.6 Å². The lowest BCUT2D eigenvalue weighted by Crippen LogP contribution is -2.54. The SMILES string of the molecule is CC[C@@H]1CN(C(=O)COc2ccccc2C)CC[C@@H]1NC(=O)CN(C)C.O=CO. The summed E-state index contributed by atoms with van der Waals surface area (Å²) in [7, 11) is 3.76. The van der Waals surface area contributed by atoms with Gasteiger partial charge in [-0.05, 0) is 51.4 Å². The van der Waals surface area contributed by atoms with E-state index >= 15 is 0 Å².